The summed E-state index contributed by atoms with van der Waals surface area (Å²) in [5.74, 6) is 1.55. The zero-order valence-corrected chi connectivity index (χ0v) is 11.5. The predicted molar refractivity (Wildman–Crippen MR) is 76.5 cm³/mol. The van der Waals surface area contributed by atoms with Crippen LogP contribution >= 0.6 is 12.2 Å². The van der Waals surface area contributed by atoms with Gasteiger partial charge in [-0.25, -0.2) is 0 Å². The highest BCUT2D eigenvalue weighted by Crippen LogP contribution is 2.32. The fourth-order valence-corrected chi connectivity index (χ4v) is 1.93. The SMILES string of the molecule is CCC(C)NC(=S)Nc1ccc2c(c1)OCCO2. The lowest BCUT2D eigenvalue weighted by Crippen LogP contribution is -2.35. The van der Waals surface area contributed by atoms with Crippen LogP contribution in [0.15, 0.2) is 18.2 Å². The van der Waals surface area contributed by atoms with E-state index < -0.39 is 0 Å². The molecule has 1 aliphatic rings. The van der Waals surface area contributed by atoms with Gasteiger partial charge in [-0.3, -0.25) is 0 Å². The van der Waals surface area contributed by atoms with Gasteiger partial charge in [0.25, 0.3) is 0 Å². The predicted octanol–water partition coefficient (Wildman–Crippen LogP) is 2.54. The molecule has 1 atom stereocenters. The van der Waals surface area contributed by atoms with Crippen LogP contribution in [0.4, 0.5) is 5.69 Å². The van der Waals surface area contributed by atoms with E-state index in [1.165, 1.54) is 0 Å². The van der Waals surface area contributed by atoms with Crippen molar-refractivity contribution in [2.75, 3.05) is 18.5 Å². The summed E-state index contributed by atoms with van der Waals surface area (Å²) in [6.07, 6.45) is 1.03. The van der Waals surface area contributed by atoms with Gasteiger partial charge in [0.05, 0.1) is 0 Å². The molecule has 2 N–H and O–H groups in total. The van der Waals surface area contributed by atoms with Crippen LogP contribution in [0.1, 0.15) is 20.3 Å². The van der Waals surface area contributed by atoms with E-state index in [-0.39, 0.29) is 0 Å². The minimum Gasteiger partial charge on any atom is -0.486 e. The number of nitrogens with one attached hydrogen (secondary N) is 2. The van der Waals surface area contributed by atoms with Gasteiger partial charge < -0.3 is 20.1 Å². The second-order valence-corrected chi connectivity index (χ2v) is 4.67. The molecule has 0 aliphatic carbocycles. The van der Waals surface area contributed by atoms with Gasteiger partial charge in [0.1, 0.15) is 13.2 Å². The van der Waals surface area contributed by atoms with Crippen LogP contribution in [0, 0.1) is 0 Å². The van der Waals surface area contributed by atoms with Crippen molar-refractivity contribution in [3.05, 3.63) is 18.2 Å². The summed E-state index contributed by atoms with van der Waals surface area (Å²) in [4.78, 5) is 0. The highest BCUT2D eigenvalue weighted by atomic mass is 32.1. The third-order valence-corrected chi connectivity index (χ3v) is 3.01. The first kappa shape index (κ1) is 13.0. The van der Waals surface area contributed by atoms with E-state index in [1.54, 1.807) is 0 Å². The van der Waals surface area contributed by atoms with E-state index in [0.717, 1.165) is 23.6 Å². The van der Waals surface area contributed by atoms with Gasteiger partial charge in [-0.1, -0.05) is 6.92 Å². The van der Waals surface area contributed by atoms with Gasteiger partial charge in [0.2, 0.25) is 0 Å². The van der Waals surface area contributed by atoms with Crippen LogP contribution in [0.5, 0.6) is 11.5 Å². The number of anilines is 1. The zero-order chi connectivity index (χ0) is 13.0. The Morgan fingerprint density at radius 1 is 1.33 bits per heavy atom. The molecule has 0 saturated heterocycles. The van der Waals surface area contributed by atoms with Crippen LogP contribution in [0.2, 0.25) is 0 Å². The maximum absolute atomic E-state index is 5.52. The Kier molecular flexibility index (Phi) is 4.25. The number of hydrogen-bond donors (Lipinski definition) is 2. The molecule has 0 bridgehead atoms. The van der Waals surface area contributed by atoms with Crippen molar-refractivity contribution < 1.29 is 9.47 Å². The number of fused-ring (bicyclic) bond motifs is 1. The first-order valence-corrected chi connectivity index (χ1v) is 6.57. The Bertz CT molecular complexity index is 437. The quantitative estimate of drug-likeness (QED) is 0.823. The molecule has 1 heterocycles. The van der Waals surface area contributed by atoms with E-state index in [4.69, 9.17) is 21.7 Å². The lowest BCUT2D eigenvalue weighted by molar-refractivity contribution is 0.171. The van der Waals surface area contributed by atoms with E-state index in [2.05, 4.69) is 24.5 Å². The number of benzene rings is 1. The maximum atomic E-state index is 5.52. The highest BCUT2D eigenvalue weighted by molar-refractivity contribution is 7.80. The van der Waals surface area contributed by atoms with Gasteiger partial charge in [0, 0.05) is 17.8 Å². The van der Waals surface area contributed by atoms with E-state index in [1.807, 2.05) is 18.2 Å². The Balaban J connectivity index is 1.99. The van der Waals surface area contributed by atoms with Gasteiger partial charge in [0.15, 0.2) is 16.6 Å². The standard InChI is InChI=1S/C13H18N2O2S/c1-3-9(2)14-13(18)15-10-4-5-11-12(8-10)17-7-6-16-11/h4-5,8-9H,3,6-7H2,1-2H3,(H2,14,15,18). The lowest BCUT2D eigenvalue weighted by Gasteiger charge is -2.20. The summed E-state index contributed by atoms with van der Waals surface area (Å²) >= 11 is 5.24. The van der Waals surface area contributed by atoms with Crippen LogP contribution in [0.25, 0.3) is 0 Å². The molecule has 0 fully saturated rings. The van der Waals surface area contributed by atoms with Gasteiger partial charge in [-0.2, -0.15) is 0 Å². The van der Waals surface area contributed by atoms with Crippen molar-refractivity contribution in [1.29, 1.82) is 0 Å². The number of ether oxygens (including phenoxy) is 2. The second kappa shape index (κ2) is 5.91. The largest absolute Gasteiger partial charge is 0.486 e. The minimum absolute atomic E-state index is 0.363. The third-order valence-electron chi connectivity index (χ3n) is 2.79. The fraction of sp³-hybridized carbons (Fsp3) is 0.462. The first-order valence-electron chi connectivity index (χ1n) is 6.16. The Morgan fingerprint density at radius 3 is 2.78 bits per heavy atom. The Labute approximate surface area is 113 Å². The average Bonchev–Trinajstić information content (AvgIpc) is 2.38. The fourth-order valence-electron chi connectivity index (χ4n) is 1.61. The van der Waals surface area contributed by atoms with Crippen LogP contribution < -0.4 is 20.1 Å². The monoisotopic (exact) mass is 266 g/mol. The van der Waals surface area contributed by atoms with E-state index in [9.17, 15) is 0 Å². The minimum atomic E-state index is 0.363. The first-order chi connectivity index (χ1) is 8.69. The summed E-state index contributed by atoms with van der Waals surface area (Å²) < 4.78 is 11.0. The summed E-state index contributed by atoms with van der Waals surface area (Å²) in [6, 6.07) is 6.09. The van der Waals surface area contributed by atoms with E-state index in [0.29, 0.717) is 24.4 Å². The number of rotatable bonds is 3. The van der Waals surface area contributed by atoms with Gasteiger partial charge in [-0.05, 0) is 37.7 Å². The lowest BCUT2D eigenvalue weighted by atomic mass is 10.2. The molecular formula is C13H18N2O2S. The van der Waals surface area contributed by atoms with Crippen LogP contribution in [-0.2, 0) is 0 Å². The molecule has 1 aromatic rings. The molecule has 0 spiro atoms. The van der Waals surface area contributed by atoms with Crippen molar-refractivity contribution in [1.82, 2.24) is 5.32 Å². The van der Waals surface area contributed by atoms with Gasteiger partial charge >= 0.3 is 0 Å². The molecular weight excluding hydrogens is 248 g/mol. The molecule has 0 radical (unpaired) electrons. The molecule has 0 saturated carbocycles. The second-order valence-electron chi connectivity index (χ2n) is 4.27. The van der Waals surface area contributed by atoms with Crippen molar-refractivity contribution in [3.63, 3.8) is 0 Å². The molecule has 4 nitrogen and oxygen atoms in total. The molecule has 0 aromatic heterocycles. The van der Waals surface area contributed by atoms with Crippen molar-refractivity contribution in [3.8, 4) is 11.5 Å². The number of thiocarbonyl (C=S) groups is 1. The smallest absolute Gasteiger partial charge is 0.170 e. The van der Waals surface area contributed by atoms with Crippen LogP contribution in [-0.4, -0.2) is 24.4 Å². The summed E-state index contributed by atoms with van der Waals surface area (Å²) in [5, 5.41) is 6.97. The third kappa shape index (κ3) is 3.26. The highest BCUT2D eigenvalue weighted by Gasteiger charge is 2.12. The molecule has 98 valence electrons. The zero-order valence-electron chi connectivity index (χ0n) is 10.7. The average molecular weight is 266 g/mol. The molecule has 5 heteroatoms. The molecule has 1 aliphatic heterocycles. The topological polar surface area (TPSA) is 42.5 Å². The Morgan fingerprint density at radius 2 is 2.06 bits per heavy atom. The maximum Gasteiger partial charge on any atom is 0.170 e. The number of hydrogen-bond acceptors (Lipinski definition) is 3. The summed E-state index contributed by atoms with van der Waals surface area (Å²) in [6.45, 7) is 5.40. The molecule has 2 rings (SSSR count). The van der Waals surface area contributed by atoms with Crippen molar-refractivity contribution in [2.45, 2.75) is 26.3 Å². The molecule has 1 aromatic carbocycles. The summed E-state index contributed by atoms with van der Waals surface area (Å²) in [5.41, 5.74) is 0.903. The van der Waals surface area contributed by atoms with E-state index >= 15 is 0 Å². The normalized spacial score (nSPS) is 14.8. The molecule has 18 heavy (non-hydrogen) atoms. The van der Waals surface area contributed by atoms with Gasteiger partial charge in [-0.15, -0.1) is 0 Å². The Hall–Kier alpha value is -1.49. The summed E-state index contributed by atoms with van der Waals surface area (Å²) in [7, 11) is 0. The van der Waals surface area contributed by atoms with Crippen molar-refractivity contribution in [2.24, 2.45) is 0 Å². The molecule has 1 unspecified atom stereocenters. The molecule has 0 amide bonds. The van der Waals surface area contributed by atoms with Crippen LogP contribution in [0.3, 0.4) is 0 Å². The van der Waals surface area contributed by atoms with Crippen molar-refractivity contribution >= 4 is 23.0 Å².